The average Bonchev–Trinajstić information content (AvgIpc) is 2.96. The molecule has 32 heavy (non-hydrogen) atoms. The summed E-state index contributed by atoms with van der Waals surface area (Å²) in [7, 11) is 0. The summed E-state index contributed by atoms with van der Waals surface area (Å²) in [4.78, 5) is 15.4. The molecule has 2 heterocycles. The van der Waals surface area contributed by atoms with E-state index in [1.165, 1.54) is 11.5 Å². The second-order valence-electron chi connectivity index (χ2n) is 9.44. The van der Waals surface area contributed by atoms with Crippen molar-refractivity contribution < 1.29 is 22.7 Å². The highest BCUT2D eigenvalue weighted by Gasteiger charge is 2.43. The summed E-state index contributed by atoms with van der Waals surface area (Å²) in [5.74, 6) is -0.238. The maximum absolute atomic E-state index is 14.3. The smallest absolute Gasteiger partial charge is 0.372 e. The van der Waals surface area contributed by atoms with Crippen LogP contribution in [0.15, 0.2) is 24.3 Å². The van der Waals surface area contributed by atoms with Crippen molar-refractivity contribution in [2.75, 3.05) is 19.7 Å². The number of hydrogen-bond acceptors (Lipinski definition) is 2. The summed E-state index contributed by atoms with van der Waals surface area (Å²) < 4.78 is 49.9. The lowest BCUT2D eigenvalue weighted by Gasteiger charge is -2.38. The van der Waals surface area contributed by atoms with E-state index in [1.807, 2.05) is 13.8 Å². The molecule has 1 aliphatic heterocycles. The minimum Gasteiger partial charge on any atom is -0.372 e. The largest absolute Gasteiger partial charge is 0.431 e. The first-order valence-corrected chi connectivity index (χ1v) is 11.3. The Hall–Kier alpha value is -1.99. The SMILES string of the molecule is Cc1c(-c2ccc(Cl)cc2)c(C(=O)N2CCOC(C)(C)C2)n(CC2CCC2)c1C(F)(F)F. The molecule has 2 aliphatic rings. The molecule has 1 aromatic heterocycles. The number of aromatic nitrogens is 1. The van der Waals surface area contributed by atoms with Crippen LogP contribution in [0.25, 0.3) is 11.1 Å². The van der Waals surface area contributed by atoms with Gasteiger partial charge in [0.1, 0.15) is 11.4 Å². The highest BCUT2D eigenvalue weighted by Crippen LogP contribution is 2.43. The van der Waals surface area contributed by atoms with Gasteiger partial charge in [-0.3, -0.25) is 4.79 Å². The number of ether oxygens (including phenoxy) is 1. The molecule has 1 amide bonds. The zero-order valence-corrected chi connectivity index (χ0v) is 19.3. The molecule has 1 aliphatic carbocycles. The molecule has 4 rings (SSSR count). The van der Waals surface area contributed by atoms with Crippen molar-refractivity contribution in [3.63, 3.8) is 0 Å². The van der Waals surface area contributed by atoms with Crippen LogP contribution in [0.4, 0.5) is 13.2 Å². The summed E-state index contributed by atoms with van der Waals surface area (Å²) in [5, 5.41) is 0.485. The molecule has 0 atom stereocenters. The van der Waals surface area contributed by atoms with Crippen LogP contribution in [0, 0.1) is 12.8 Å². The molecule has 1 aromatic carbocycles. The van der Waals surface area contributed by atoms with Gasteiger partial charge in [0.15, 0.2) is 0 Å². The molecule has 0 N–H and O–H groups in total. The fourth-order valence-corrected chi connectivity index (χ4v) is 4.88. The molecule has 4 nitrogen and oxygen atoms in total. The number of amides is 1. The van der Waals surface area contributed by atoms with E-state index < -0.39 is 17.5 Å². The van der Waals surface area contributed by atoms with Crippen molar-refractivity contribution >= 4 is 17.5 Å². The molecule has 0 spiro atoms. The first-order valence-electron chi connectivity index (χ1n) is 11.0. The third-order valence-electron chi connectivity index (χ3n) is 6.49. The number of halogens is 4. The fraction of sp³-hybridized carbons (Fsp3) is 0.542. The fourth-order valence-electron chi connectivity index (χ4n) is 4.76. The Labute approximate surface area is 191 Å². The standard InChI is InChI=1S/C24H28ClF3N2O2/c1-15-19(17-7-9-18(25)10-8-17)20(22(31)29-11-12-32-23(2,3)14-29)30(13-16-5-4-6-16)21(15)24(26,27)28/h7-10,16H,4-6,11-14H2,1-3H3. The Morgan fingerprint density at radius 1 is 1.22 bits per heavy atom. The lowest BCUT2D eigenvalue weighted by molar-refractivity contribution is -0.144. The van der Waals surface area contributed by atoms with E-state index in [1.54, 1.807) is 29.2 Å². The molecule has 2 fully saturated rings. The Morgan fingerprint density at radius 3 is 2.41 bits per heavy atom. The molecular weight excluding hydrogens is 441 g/mol. The predicted molar refractivity (Wildman–Crippen MR) is 118 cm³/mol. The quantitative estimate of drug-likeness (QED) is 0.536. The first-order chi connectivity index (χ1) is 15.0. The van der Waals surface area contributed by atoms with Gasteiger partial charge in [0.25, 0.3) is 5.91 Å². The Morgan fingerprint density at radius 2 is 1.88 bits per heavy atom. The zero-order chi connectivity index (χ0) is 23.3. The maximum Gasteiger partial charge on any atom is 0.431 e. The van der Waals surface area contributed by atoms with Crippen LogP contribution in [0.2, 0.25) is 5.02 Å². The Balaban J connectivity index is 1.91. The molecule has 1 saturated heterocycles. The van der Waals surface area contributed by atoms with Crippen LogP contribution in [0.3, 0.4) is 0 Å². The van der Waals surface area contributed by atoms with Crippen molar-refractivity contribution in [1.29, 1.82) is 0 Å². The highest BCUT2D eigenvalue weighted by molar-refractivity contribution is 6.30. The molecule has 0 unspecified atom stereocenters. The number of morpholine rings is 1. The summed E-state index contributed by atoms with van der Waals surface area (Å²) in [6.07, 6.45) is -1.80. The Kier molecular flexibility index (Phi) is 6.09. The van der Waals surface area contributed by atoms with E-state index in [-0.39, 0.29) is 29.6 Å². The third kappa shape index (κ3) is 4.42. The number of carbonyl (C=O) groups excluding carboxylic acids is 1. The van der Waals surface area contributed by atoms with Crippen molar-refractivity contribution in [3.05, 3.63) is 46.2 Å². The monoisotopic (exact) mass is 468 g/mol. The van der Waals surface area contributed by atoms with Gasteiger partial charge in [-0.1, -0.05) is 30.2 Å². The molecule has 2 aromatic rings. The maximum atomic E-state index is 14.3. The average molecular weight is 469 g/mol. The highest BCUT2D eigenvalue weighted by atomic mass is 35.5. The normalized spacial score (nSPS) is 19.2. The van der Waals surface area contributed by atoms with Crippen molar-refractivity contribution in [1.82, 2.24) is 9.47 Å². The lowest BCUT2D eigenvalue weighted by Crippen LogP contribution is -2.51. The molecule has 8 heteroatoms. The van der Waals surface area contributed by atoms with Crippen LogP contribution >= 0.6 is 11.6 Å². The first kappa shape index (κ1) is 23.2. The lowest BCUT2D eigenvalue weighted by atomic mass is 9.85. The molecule has 1 saturated carbocycles. The minimum atomic E-state index is -4.57. The van der Waals surface area contributed by atoms with Gasteiger partial charge in [-0.05, 0) is 62.8 Å². The predicted octanol–water partition coefficient (Wildman–Crippen LogP) is 6.19. The van der Waals surface area contributed by atoms with Crippen LogP contribution in [0.5, 0.6) is 0 Å². The van der Waals surface area contributed by atoms with Crippen LogP contribution in [0.1, 0.15) is 54.9 Å². The van der Waals surface area contributed by atoms with E-state index in [2.05, 4.69) is 0 Å². The summed E-state index contributed by atoms with van der Waals surface area (Å²) in [6.45, 7) is 6.43. The number of hydrogen-bond donors (Lipinski definition) is 0. The number of carbonyl (C=O) groups is 1. The summed E-state index contributed by atoms with van der Waals surface area (Å²) in [5.41, 5.74) is -0.202. The second-order valence-corrected chi connectivity index (χ2v) is 9.88. The van der Waals surface area contributed by atoms with Crippen LogP contribution < -0.4 is 0 Å². The van der Waals surface area contributed by atoms with Gasteiger partial charge in [0.05, 0.1) is 12.2 Å². The van der Waals surface area contributed by atoms with Crippen LogP contribution in [-0.2, 0) is 17.5 Å². The molecule has 0 bridgehead atoms. The van der Waals surface area contributed by atoms with E-state index in [9.17, 15) is 18.0 Å². The van der Waals surface area contributed by atoms with Crippen molar-refractivity contribution in [2.45, 2.75) is 58.4 Å². The van der Waals surface area contributed by atoms with Crippen molar-refractivity contribution in [3.8, 4) is 11.1 Å². The van der Waals surface area contributed by atoms with E-state index in [0.29, 0.717) is 35.8 Å². The van der Waals surface area contributed by atoms with E-state index in [4.69, 9.17) is 16.3 Å². The van der Waals surface area contributed by atoms with Gasteiger partial charge in [0, 0.05) is 30.2 Å². The number of benzene rings is 1. The van der Waals surface area contributed by atoms with Gasteiger partial charge in [0.2, 0.25) is 0 Å². The molecular formula is C24H28ClF3N2O2. The number of alkyl halides is 3. The minimum absolute atomic E-state index is 0.0787. The van der Waals surface area contributed by atoms with Gasteiger partial charge >= 0.3 is 6.18 Å². The molecule has 174 valence electrons. The number of nitrogens with zero attached hydrogens (tertiary/aromatic N) is 2. The van der Waals surface area contributed by atoms with Gasteiger partial charge in [-0.15, -0.1) is 0 Å². The molecule has 0 radical (unpaired) electrons. The zero-order valence-electron chi connectivity index (χ0n) is 18.6. The second kappa shape index (κ2) is 8.41. The van der Waals surface area contributed by atoms with Crippen LogP contribution in [-0.4, -0.2) is 40.7 Å². The topological polar surface area (TPSA) is 34.5 Å². The number of rotatable bonds is 4. The van der Waals surface area contributed by atoms with E-state index >= 15 is 0 Å². The third-order valence-corrected chi connectivity index (χ3v) is 6.74. The van der Waals surface area contributed by atoms with Crippen molar-refractivity contribution in [2.24, 2.45) is 5.92 Å². The van der Waals surface area contributed by atoms with Gasteiger partial charge in [-0.25, -0.2) is 0 Å². The summed E-state index contributed by atoms with van der Waals surface area (Å²) >= 11 is 6.02. The summed E-state index contributed by atoms with van der Waals surface area (Å²) in [6, 6.07) is 6.63. The Bertz CT molecular complexity index is 1010. The van der Waals surface area contributed by atoms with Gasteiger partial charge in [-0.2, -0.15) is 13.2 Å². The van der Waals surface area contributed by atoms with E-state index in [0.717, 1.165) is 19.3 Å². The van der Waals surface area contributed by atoms with Gasteiger partial charge < -0.3 is 14.2 Å².